The number of hydrogen-bond acceptors (Lipinski definition) is 6. The van der Waals surface area contributed by atoms with Crippen molar-refractivity contribution in [3.05, 3.63) is 17.5 Å². The van der Waals surface area contributed by atoms with Crippen LogP contribution >= 0.6 is 0 Å². The predicted molar refractivity (Wildman–Crippen MR) is 80.8 cm³/mol. The molecular formula is C13H19F3N8O. The Hall–Kier alpha value is -2.50. The first kappa shape index (κ1) is 18.8. The van der Waals surface area contributed by atoms with Gasteiger partial charge in [-0.25, -0.2) is 4.98 Å². The van der Waals surface area contributed by atoms with Gasteiger partial charge >= 0.3 is 6.18 Å². The maximum atomic E-state index is 12.6. The summed E-state index contributed by atoms with van der Waals surface area (Å²) in [7, 11) is 0. The summed E-state index contributed by atoms with van der Waals surface area (Å²) in [5.41, 5.74) is 5.63. The maximum Gasteiger partial charge on any atom is 0.451 e. The van der Waals surface area contributed by atoms with Crippen molar-refractivity contribution in [2.75, 3.05) is 6.54 Å². The molecule has 0 aliphatic heterocycles. The Kier molecular flexibility index (Phi) is 5.40. The fourth-order valence-electron chi connectivity index (χ4n) is 2.18. The second-order valence-electron chi connectivity index (χ2n) is 5.91. The Balaban J connectivity index is 2.19. The quantitative estimate of drug-likeness (QED) is 0.700. The Morgan fingerprint density at radius 3 is 2.56 bits per heavy atom. The highest BCUT2D eigenvalue weighted by atomic mass is 19.4. The number of carbonyl (C=O) groups excluding carboxylic acids is 1. The number of alkyl halides is 3. The molecular weight excluding hydrogens is 341 g/mol. The van der Waals surface area contributed by atoms with Crippen LogP contribution < -0.4 is 11.1 Å². The molecule has 0 fully saturated rings. The largest absolute Gasteiger partial charge is 0.451 e. The Bertz CT molecular complexity index is 736. The third-order valence-corrected chi connectivity index (χ3v) is 3.28. The van der Waals surface area contributed by atoms with Crippen molar-refractivity contribution in [2.45, 2.75) is 39.4 Å². The van der Waals surface area contributed by atoms with Crippen LogP contribution in [-0.2, 0) is 6.18 Å². The van der Waals surface area contributed by atoms with E-state index in [1.54, 1.807) is 5.10 Å². The smallest absolute Gasteiger partial charge is 0.345 e. The molecule has 0 radical (unpaired) electrons. The van der Waals surface area contributed by atoms with Gasteiger partial charge in [-0.05, 0) is 19.3 Å². The first-order chi connectivity index (χ1) is 11.6. The van der Waals surface area contributed by atoms with Gasteiger partial charge in [0.15, 0.2) is 0 Å². The van der Waals surface area contributed by atoms with Crippen LogP contribution in [0.3, 0.4) is 0 Å². The molecule has 0 spiro atoms. The number of hydrogen-bond donors (Lipinski definition) is 3. The second kappa shape index (κ2) is 7.17. The van der Waals surface area contributed by atoms with Crippen molar-refractivity contribution in [2.24, 2.45) is 11.7 Å². The number of aromatic amines is 1. The van der Waals surface area contributed by atoms with Crippen LogP contribution in [0.15, 0.2) is 0 Å². The summed E-state index contributed by atoms with van der Waals surface area (Å²) in [4.78, 5) is 19.5. The van der Waals surface area contributed by atoms with E-state index in [0.29, 0.717) is 12.3 Å². The summed E-state index contributed by atoms with van der Waals surface area (Å²) in [6.07, 6.45) is -3.98. The molecule has 12 heteroatoms. The van der Waals surface area contributed by atoms with Gasteiger partial charge in [-0.2, -0.15) is 22.8 Å². The van der Waals surface area contributed by atoms with Crippen LogP contribution in [0.4, 0.5) is 13.2 Å². The van der Waals surface area contributed by atoms with Gasteiger partial charge in [0, 0.05) is 12.6 Å². The fraction of sp³-hybridized carbons (Fsp3) is 0.615. The third kappa shape index (κ3) is 4.53. The number of halogens is 3. The zero-order valence-corrected chi connectivity index (χ0v) is 13.9. The van der Waals surface area contributed by atoms with Crippen LogP contribution in [0.5, 0.6) is 0 Å². The van der Waals surface area contributed by atoms with E-state index in [-0.39, 0.29) is 30.2 Å². The summed E-state index contributed by atoms with van der Waals surface area (Å²) >= 11 is 0. The molecule has 1 unspecified atom stereocenters. The number of carbonyl (C=O) groups is 1. The average molecular weight is 360 g/mol. The molecule has 1 atom stereocenters. The number of amides is 1. The van der Waals surface area contributed by atoms with Gasteiger partial charge in [0.25, 0.3) is 11.9 Å². The molecule has 0 aromatic carbocycles. The lowest BCUT2D eigenvalue weighted by molar-refractivity contribution is -0.144. The number of aryl methyl sites for hydroxylation is 1. The van der Waals surface area contributed by atoms with E-state index < -0.39 is 17.9 Å². The van der Waals surface area contributed by atoms with Crippen molar-refractivity contribution in [3.63, 3.8) is 0 Å². The third-order valence-electron chi connectivity index (χ3n) is 3.28. The SMILES string of the molecule is Cc1nc(C(=O)NC(CN)CC(C)C)nn1-c1n[nH]c(C(F)(F)F)n1. The van der Waals surface area contributed by atoms with Crippen molar-refractivity contribution < 1.29 is 18.0 Å². The van der Waals surface area contributed by atoms with E-state index in [1.165, 1.54) is 6.92 Å². The summed E-state index contributed by atoms with van der Waals surface area (Å²) in [6.45, 7) is 5.71. The molecule has 2 rings (SSSR count). The number of rotatable bonds is 6. The van der Waals surface area contributed by atoms with Crippen LogP contribution in [-0.4, -0.2) is 48.4 Å². The number of H-pyrrole nitrogens is 1. The zero-order chi connectivity index (χ0) is 18.8. The van der Waals surface area contributed by atoms with Crippen molar-refractivity contribution in [3.8, 4) is 5.95 Å². The molecule has 0 aliphatic rings. The first-order valence-corrected chi connectivity index (χ1v) is 7.56. The second-order valence-corrected chi connectivity index (χ2v) is 5.91. The van der Waals surface area contributed by atoms with Crippen LogP contribution in [0.2, 0.25) is 0 Å². The number of nitrogens with two attached hydrogens (primary N) is 1. The zero-order valence-electron chi connectivity index (χ0n) is 13.9. The van der Waals surface area contributed by atoms with Gasteiger partial charge < -0.3 is 11.1 Å². The minimum atomic E-state index is -4.66. The molecule has 4 N–H and O–H groups in total. The lowest BCUT2D eigenvalue weighted by Gasteiger charge is -2.17. The van der Waals surface area contributed by atoms with Gasteiger partial charge in [-0.1, -0.05) is 13.8 Å². The van der Waals surface area contributed by atoms with Gasteiger partial charge in [0.05, 0.1) is 0 Å². The Labute approximate surface area is 141 Å². The first-order valence-electron chi connectivity index (χ1n) is 7.56. The molecule has 2 heterocycles. The molecule has 0 saturated heterocycles. The van der Waals surface area contributed by atoms with Gasteiger partial charge in [-0.15, -0.1) is 10.2 Å². The molecule has 2 aromatic heterocycles. The fourth-order valence-corrected chi connectivity index (χ4v) is 2.18. The number of nitrogens with one attached hydrogen (secondary N) is 2. The highest BCUT2D eigenvalue weighted by molar-refractivity contribution is 5.90. The molecule has 138 valence electrons. The van der Waals surface area contributed by atoms with Gasteiger partial charge in [0.1, 0.15) is 5.82 Å². The average Bonchev–Trinajstić information content (AvgIpc) is 3.11. The lowest BCUT2D eigenvalue weighted by atomic mass is 10.0. The minimum absolute atomic E-state index is 0.172. The summed E-state index contributed by atoms with van der Waals surface area (Å²) in [5.74, 6) is -1.87. The van der Waals surface area contributed by atoms with Crippen molar-refractivity contribution >= 4 is 5.91 Å². The van der Waals surface area contributed by atoms with Gasteiger partial charge in [0.2, 0.25) is 11.6 Å². The monoisotopic (exact) mass is 360 g/mol. The highest BCUT2D eigenvalue weighted by Crippen LogP contribution is 2.26. The molecule has 0 saturated carbocycles. The van der Waals surface area contributed by atoms with Crippen molar-refractivity contribution in [1.82, 2.24) is 35.3 Å². The topological polar surface area (TPSA) is 127 Å². The standard InChI is InChI=1S/C13H19F3N8O/c1-6(2)4-8(5-17)19-10(25)9-18-7(3)24(23-9)12-20-11(21-22-12)13(14,15)16/h6,8H,4-5,17H2,1-3H3,(H,19,25)(H,20,21,22). The molecule has 1 amide bonds. The molecule has 9 nitrogen and oxygen atoms in total. The molecule has 2 aromatic rings. The summed E-state index contributed by atoms with van der Waals surface area (Å²) < 4.78 is 38.7. The van der Waals surface area contributed by atoms with Crippen LogP contribution in [0, 0.1) is 12.8 Å². The summed E-state index contributed by atoms with van der Waals surface area (Å²) in [6, 6.07) is -0.250. The van der Waals surface area contributed by atoms with Crippen molar-refractivity contribution in [1.29, 1.82) is 0 Å². The molecule has 0 aliphatic carbocycles. The Morgan fingerprint density at radius 2 is 2.04 bits per heavy atom. The maximum absolute atomic E-state index is 12.6. The normalized spacial score (nSPS) is 13.3. The van der Waals surface area contributed by atoms with Crippen LogP contribution in [0.25, 0.3) is 5.95 Å². The van der Waals surface area contributed by atoms with E-state index in [1.807, 2.05) is 13.8 Å². The van der Waals surface area contributed by atoms with E-state index in [0.717, 1.165) is 4.68 Å². The van der Waals surface area contributed by atoms with E-state index in [4.69, 9.17) is 5.73 Å². The molecule has 25 heavy (non-hydrogen) atoms. The van der Waals surface area contributed by atoms with E-state index in [9.17, 15) is 18.0 Å². The molecule has 0 bridgehead atoms. The van der Waals surface area contributed by atoms with E-state index in [2.05, 4.69) is 25.5 Å². The highest BCUT2D eigenvalue weighted by Gasteiger charge is 2.35. The number of aromatic nitrogens is 6. The Morgan fingerprint density at radius 1 is 1.36 bits per heavy atom. The van der Waals surface area contributed by atoms with Gasteiger partial charge in [-0.3, -0.25) is 9.89 Å². The van der Waals surface area contributed by atoms with E-state index >= 15 is 0 Å². The lowest BCUT2D eigenvalue weighted by Crippen LogP contribution is -2.41. The van der Waals surface area contributed by atoms with Crippen LogP contribution in [0.1, 0.15) is 42.5 Å². The predicted octanol–water partition coefficient (Wildman–Crippen LogP) is 0.816. The number of nitrogens with zero attached hydrogens (tertiary/aromatic N) is 5. The summed E-state index contributed by atoms with van der Waals surface area (Å²) in [5, 5.41) is 11.8. The minimum Gasteiger partial charge on any atom is -0.345 e.